The lowest BCUT2D eigenvalue weighted by atomic mass is 9.99. The molecule has 0 spiro atoms. The van der Waals surface area contributed by atoms with Gasteiger partial charge >= 0.3 is 0 Å². The zero-order valence-corrected chi connectivity index (χ0v) is 12.5. The van der Waals surface area contributed by atoms with E-state index in [1.165, 1.54) is 18.2 Å². The predicted octanol–water partition coefficient (Wildman–Crippen LogP) is 4.87. The normalized spacial score (nSPS) is 10.7. The number of methoxy groups -OCH3 is 1. The average Bonchev–Trinajstić information content (AvgIpc) is 2.55. The molecule has 0 atom stereocenters. The van der Waals surface area contributed by atoms with Crippen molar-refractivity contribution in [3.63, 3.8) is 0 Å². The zero-order chi connectivity index (χ0) is 15.7. The van der Waals surface area contributed by atoms with Crippen LogP contribution in [0, 0.1) is 5.82 Å². The van der Waals surface area contributed by atoms with Crippen molar-refractivity contribution in [2.45, 2.75) is 0 Å². The molecule has 22 heavy (non-hydrogen) atoms. The smallest absolute Gasteiger partial charge is 0.196 e. The van der Waals surface area contributed by atoms with Crippen LogP contribution in [0.5, 0.6) is 5.75 Å². The number of carbonyl (C=O) groups excluding carboxylic acids is 1. The van der Waals surface area contributed by atoms with E-state index in [0.717, 1.165) is 16.5 Å². The van der Waals surface area contributed by atoms with Crippen molar-refractivity contribution in [2.75, 3.05) is 7.11 Å². The molecule has 0 saturated heterocycles. The monoisotopic (exact) mass is 314 g/mol. The Morgan fingerprint density at radius 3 is 2.50 bits per heavy atom. The zero-order valence-electron chi connectivity index (χ0n) is 11.8. The summed E-state index contributed by atoms with van der Waals surface area (Å²) in [5.41, 5.74) is 0.388. The first-order valence-corrected chi connectivity index (χ1v) is 7.04. The highest BCUT2D eigenvalue weighted by Crippen LogP contribution is 2.24. The molecule has 4 heteroatoms. The van der Waals surface area contributed by atoms with Gasteiger partial charge in [0, 0.05) is 10.6 Å². The minimum Gasteiger partial charge on any atom is -0.497 e. The number of carbonyl (C=O) groups is 1. The molecule has 0 amide bonds. The van der Waals surface area contributed by atoms with E-state index in [4.69, 9.17) is 16.3 Å². The fourth-order valence-corrected chi connectivity index (χ4v) is 2.49. The van der Waals surface area contributed by atoms with Crippen LogP contribution in [-0.4, -0.2) is 12.9 Å². The predicted molar refractivity (Wildman–Crippen MR) is 85.3 cm³/mol. The topological polar surface area (TPSA) is 26.3 Å². The van der Waals surface area contributed by atoms with Gasteiger partial charge in [-0.25, -0.2) is 4.39 Å². The van der Waals surface area contributed by atoms with Crippen LogP contribution >= 0.6 is 11.6 Å². The highest BCUT2D eigenvalue weighted by atomic mass is 35.5. The summed E-state index contributed by atoms with van der Waals surface area (Å²) in [6.45, 7) is 0. The number of rotatable bonds is 3. The Balaban J connectivity index is 2.06. The molecular weight excluding hydrogens is 303 g/mol. The third-order valence-corrected chi connectivity index (χ3v) is 3.72. The van der Waals surface area contributed by atoms with Crippen molar-refractivity contribution < 1.29 is 13.9 Å². The van der Waals surface area contributed by atoms with Gasteiger partial charge in [-0.2, -0.15) is 0 Å². The fourth-order valence-electron chi connectivity index (χ4n) is 2.32. The number of ketones is 1. The molecule has 0 aromatic heterocycles. The Hall–Kier alpha value is -2.39. The number of fused-ring (bicyclic) bond motifs is 1. The average molecular weight is 315 g/mol. The second kappa shape index (κ2) is 5.78. The van der Waals surface area contributed by atoms with Gasteiger partial charge in [-0.3, -0.25) is 4.79 Å². The van der Waals surface area contributed by atoms with Gasteiger partial charge in [-0.15, -0.1) is 0 Å². The maximum Gasteiger partial charge on any atom is 0.196 e. The summed E-state index contributed by atoms with van der Waals surface area (Å²) in [7, 11) is 1.60. The quantitative estimate of drug-likeness (QED) is 0.645. The molecule has 0 N–H and O–H groups in total. The van der Waals surface area contributed by atoms with Crippen molar-refractivity contribution in [1.82, 2.24) is 0 Å². The lowest BCUT2D eigenvalue weighted by molar-refractivity contribution is 0.103. The first-order valence-electron chi connectivity index (χ1n) is 6.66. The van der Waals surface area contributed by atoms with Crippen LogP contribution in [0.2, 0.25) is 5.02 Å². The molecule has 0 aliphatic rings. The number of ether oxygens (including phenoxy) is 1. The summed E-state index contributed by atoms with van der Waals surface area (Å²) < 4.78 is 19.0. The molecule has 0 saturated carbocycles. The van der Waals surface area contributed by atoms with E-state index in [1.54, 1.807) is 19.2 Å². The van der Waals surface area contributed by atoms with Crippen LogP contribution in [0.15, 0.2) is 54.6 Å². The van der Waals surface area contributed by atoms with Crippen LogP contribution in [0.4, 0.5) is 4.39 Å². The Morgan fingerprint density at radius 2 is 1.73 bits per heavy atom. The summed E-state index contributed by atoms with van der Waals surface area (Å²) in [4.78, 5) is 12.5. The molecule has 0 heterocycles. The molecule has 0 aliphatic carbocycles. The molecule has 3 aromatic carbocycles. The minimum absolute atomic E-state index is 0.0274. The van der Waals surface area contributed by atoms with Crippen molar-refractivity contribution in [3.05, 3.63) is 76.6 Å². The second-order valence-electron chi connectivity index (χ2n) is 4.88. The van der Waals surface area contributed by atoms with E-state index in [2.05, 4.69) is 0 Å². The number of hydrogen-bond donors (Lipinski definition) is 0. The number of halogens is 2. The van der Waals surface area contributed by atoms with E-state index in [0.29, 0.717) is 10.6 Å². The van der Waals surface area contributed by atoms with Crippen LogP contribution < -0.4 is 4.74 Å². The van der Waals surface area contributed by atoms with Crippen molar-refractivity contribution in [3.8, 4) is 5.75 Å². The van der Waals surface area contributed by atoms with Crippen molar-refractivity contribution >= 4 is 28.2 Å². The molecule has 3 aromatic rings. The summed E-state index contributed by atoms with van der Waals surface area (Å²) in [6, 6.07) is 14.7. The third-order valence-electron chi connectivity index (χ3n) is 3.48. The van der Waals surface area contributed by atoms with Crippen LogP contribution in [0.1, 0.15) is 15.9 Å². The van der Waals surface area contributed by atoms with Gasteiger partial charge in [-0.05, 0) is 47.2 Å². The molecule has 3 rings (SSSR count). The van der Waals surface area contributed by atoms with Crippen LogP contribution in [0.3, 0.4) is 0 Å². The van der Waals surface area contributed by atoms with E-state index >= 15 is 0 Å². The third kappa shape index (κ3) is 2.68. The van der Waals surface area contributed by atoms with Crippen LogP contribution in [-0.2, 0) is 0 Å². The van der Waals surface area contributed by atoms with Crippen LogP contribution in [0.25, 0.3) is 10.8 Å². The Morgan fingerprint density at radius 1 is 1.00 bits per heavy atom. The fraction of sp³-hybridized carbons (Fsp3) is 0.0556. The maximum atomic E-state index is 13.8. The maximum absolute atomic E-state index is 13.8. The molecule has 0 fully saturated rings. The van der Waals surface area contributed by atoms with Gasteiger partial charge in [-0.1, -0.05) is 29.8 Å². The van der Waals surface area contributed by atoms with Gasteiger partial charge in [0.15, 0.2) is 5.78 Å². The lowest BCUT2D eigenvalue weighted by Crippen LogP contribution is -2.04. The van der Waals surface area contributed by atoms with Gasteiger partial charge in [0.05, 0.1) is 12.7 Å². The van der Waals surface area contributed by atoms with E-state index < -0.39 is 11.6 Å². The molecule has 0 aliphatic heterocycles. The van der Waals surface area contributed by atoms with Crippen molar-refractivity contribution in [1.29, 1.82) is 0 Å². The Labute approximate surface area is 132 Å². The van der Waals surface area contributed by atoms with Crippen molar-refractivity contribution in [2.24, 2.45) is 0 Å². The largest absolute Gasteiger partial charge is 0.497 e. The molecular formula is C18H12ClFO2. The van der Waals surface area contributed by atoms with E-state index in [9.17, 15) is 9.18 Å². The number of benzene rings is 3. The SMILES string of the molecule is COc1ccc2cc(C(=O)c3cc(Cl)ccc3F)ccc2c1. The minimum atomic E-state index is -0.579. The Bertz CT molecular complexity index is 874. The van der Waals surface area contributed by atoms with Gasteiger partial charge < -0.3 is 4.74 Å². The van der Waals surface area contributed by atoms with E-state index in [1.807, 2.05) is 24.3 Å². The number of hydrogen-bond acceptors (Lipinski definition) is 2. The molecule has 110 valence electrons. The summed E-state index contributed by atoms with van der Waals surface area (Å²) >= 11 is 5.84. The standard InChI is InChI=1S/C18H12ClFO2/c1-22-15-6-4-11-8-13(3-2-12(11)9-15)18(21)16-10-14(19)5-7-17(16)20/h2-10H,1H3. The molecule has 0 unspecified atom stereocenters. The molecule has 0 bridgehead atoms. The Kier molecular flexibility index (Phi) is 3.82. The van der Waals surface area contributed by atoms with E-state index in [-0.39, 0.29) is 5.56 Å². The van der Waals surface area contributed by atoms with Gasteiger partial charge in [0.2, 0.25) is 0 Å². The highest BCUT2D eigenvalue weighted by molar-refractivity contribution is 6.31. The summed E-state index contributed by atoms with van der Waals surface area (Å²) in [5, 5.41) is 2.16. The van der Waals surface area contributed by atoms with Gasteiger partial charge in [0.25, 0.3) is 0 Å². The lowest BCUT2D eigenvalue weighted by Gasteiger charge is -2.06. The molecule has 0 radical (unpaired) electrons. The highest BCUT2D eigenvalue weighted by Gasteiger charge is 2.15. The molecule has 2 nitrogen and oxygen atoms in total. The van der Waals surface area contributed by atoms with Gasteiger partial charge in [0.1, 0.15) is 11.6 Å². The summed E-state index contributed by atoms with van der Waals surface area (Å²) in [5.74, 6) is -0.227. The second-order valence-corrected chi connectivity index (χ2v) is 5.32. The summed E-state index contributed by atoms with van der Waals surface area (Å²) in [6.07, 6.45) is 0. The first kappa shape index (κ1) is 14.5. The first-order chi connectivity index (χ1) is 10.6.